The SMILES string of the molecule is C=C1C[C@@H]2C[C@@H]3C[C@@H](O)C[C@@H](O3)c3coc(n3)/C=C/C[C@H]3O[C@@H](/C(C)=C/c4coc(C[C@]5(OC)C[C@H](OC)C[C@H]([C@H](O)/C=C(C)/C=C/[C@@H](C/C=C/Br)OC)O5)n4)[C@H](C)[C@@H](OC(=O)/C=C\C[C@@H](C1)O2)[C@@H]3C. The van der Waals surface area contributed by atoms with Crippen LogP contribution in [0.4, 0.5) is 0 Å². The van der Waals surface area contributed by atoms with Crippen molar-refractivity contribution in [3.05, 3.63) is 107 Å². The quantitative estimate of drug-likeness (QED) is 0.110. The molecule has 0 unspecified atom stereocenters. The Morgan fingerprint density at radius 2 is 1.77 bits per heavy atom. The number of hydrogen-bond acceptors (Lipinski definition) is 15. The molecule has 7 heterocycles. The molecule has 16 heteroatoms. The summed E-state index contributed by atoms with van der Waals surface area (Å²) >= 11 is 3.30. The summed E-state index contributed by atoms with van der Waals surface area (Å²) in [6, 6.07) is 0. The lowest BCUT2D eigenvalue weighted by Gasteiger charge is -2.44. The highest BCUT2D eigenvalue weighted by atomic mass is 79.9. The summed E-state index contributed by atoms with van der Waals surface area (Å²) in [4.78, 5) is 25.0. The maximum Gasteiger partial charge on any atom is 0.330 e. The first-order valence-corrected chi connectivity index (χ1v) is 25.6. The molecule has 8 bridgehead atoms. The van der Waals surface area contributed by atoms with Crippen LogP contribution >= 0.6 is 15.9 Å². The third-order valence-corrected chi connectivity index (χ3v) is 14.6. The van der Waals surface area contributed by atoms with Crippen LogP contribution in [0.5, 0.6) is 0 Å². The summed E-state index contributed by atoms with van der Waals surface area (Å²) in [5.74, 6) is -1.21. The molecule has 2 N–H and O–H groups in total. The number of hydrogen-bond donors (Lipinski definition) is 2. The molecule has 0 aromatic carbocycles. The number of fused-ring (bicyclic) bond motifs is 9. The molecule has 0 amide bonds. The zero-order valence-electron chi connectivity index (χ0n) is 41.7. The van der Waals surface area contributed by atoms with Gasteiger partial charge in [0.2, 0.25) is 5.89 Å². The first-order valence-electron chi connectivity index (χ1n) is 24.7. The number of esters is 1. The fraction of sp³-hybridized carbons (Fsp3) is 0.611. The van der Waals surface area contributed by atoms with Gasteiger partial charge in [-0.05, 0) is 75.1 Å². The van der Waals surface area contributed by atoms with Gasteiger partial charge in [-0.3, -0.25) is 0 Å². The van der Waals surface area contributed by atoms with E-state index < -0.39 is 48.4 Å². The Balaban J connectivity index is 1.07. The summed E-state index contributed by atoms with van der Waals surface area (Å²) in [5.41, 5.74) is 4.02. The van der Waals surface area contributed by atoms with Crippen molar-refractivity contribution in [1.82, 2.24) is 9.97 Å². The Morgan fingerprint density at radius 3 is 2.54 bits per heavy atom. The fourth-order valence-corrected chi connectivity index (χ4v) is 10.8. The van der Waals surface area contributed by atoms with Crippen LogP contribution in [-0.2, 0) is 49.1 Å². The molecule has 384 valence electrons. The van der Waals surface area contributed by atoms with Crippen LogP contribution in [0.2, 0.25) is 0 Å². The van der Waals surface area contributed by atoms with E-state index in [4.69, 9.17) is 56.7 Å². The number of rotatable bonds is 13. The van der Waals surface area contributed by atoms with Crippen molar-refractivity contribution in [1.29, 1.82) is 0 Å². The predicted octanol–water partition coefficient (Wildman–Crippen LogP) is 9.41. The largest absolute Gasteiger partial charge is 0.458 e. The minimum atomic E-state index is -1.19. The molecular weight excluding hydrogens is 964 g/mol. The third kappa shape index (κ3) is 14.4. The van der Waals surface area contributed by atoms with Gasteiger partial charge < -0.3 is 56.9 Å². The average molecular weight is 1040 g/mol. The van der Waals surface area contributed by atoms with Crippen molar-refractivity contribution >= 4 is 34.1 Å². The molecule has 2 aromatic heterocycles. The molecule has 0 saturated carbocycles. The monoisotopic (exact) mass is 1040 g/mol. The zero-order valence-corrected chi connectivity index (χ0v) is 43.2. The van der Waals surface area contributed by atoms with E-state index >= 15 is 0 Å². The first-order chi connectivity index (χ1) is 33.7. The second kappa shape index (κ2) is 25.2. The van der Waals surface area contributed by atoms with Crippen molar-refractivity contribution in [3.8, 4) is 0 Å². The van der Waals surface area contributed by atoms with Gasteiger partial charge in [-0.25, -0.2) is 14.8 Å². The predicted molar refractivity (Wildman–Crippen MR) is 266 cm³/mol. The Bertz CT molecular complexity index is 2230. The van der Waals surface area contributed by atoms with Gasteiger partial charge in [0.25, 0.3) is 0 Å². The minimum absolute atomic E-state index is 0.107. The van der Waals surface area contributed by atoms with Crippen LogP contribution in [-0.4, -0.2) is 120 Å². The molecule has 5 aliphatic rings. The molecule has 0 radical (unpaired) electrons. The second-order valence-electron chi connectivity index (χ2n) is 19.7. The van der Waals surface area contributed by atoms with E-state index in [1.165, 1.54) is 6.08 Å². The second-order valence-corrected chi connectivity index (χ2v) is 20.2. The van der Waals surface area contributed by atoms with Crippen LogP contribution < -0.4 is 0 Å². The summed E-state index contributed by atoms with van der Waals surface area (Å²) in [7, 11) is 4.88. The van der Waals surface area contributed by atoms with Crippen molar-refractivity contribution in [2.75, 3.05) is 21.3 Å². The minimum Gasteiger partial charge on any atom is -0.458 e. The van der Waals surface area contributed by atoms with Crippen molar-refractivity contribution in [3.63, 3.8) is 0 Å². The number of aromatic nitrogens is 2. The number of allylic oxidation sites excluding steroid dienone is 2. The highest BCUT2D eigenvalue weighted by Crippen LogP contribution is 2.40. The number of ether oxygens (including phenoxy) is 8. The molecule has 5 aliphatic heterocycles. The van der Waals surface area contributed by atoms with Crippen LogP contribution in [0.15, 0.2) is 92.2 Å². The first kappa shape index (κ1) is 54.0. The Morgan fingerprint density at radius 1 is 0.971 bits per heavy atom. The van der Waals surface area contributed by atoms with Gasteiger partial charge in [0.05, 0.1) is 67.5 Å². The number of halogens is 1. The number of nitrogens with zero attached hydrogens (tertiary/aromatic N) is 2. The van der Waals surface area contributed by atoms with E-state index in [0.717, 1.165) is 16.7 Å². The molecule has 4 saturated heterocycles. The van der Waals surface area contributed by atoms with E-state index in [0.29, 0.717) is 87.4 Å². The lowest BCUT2D eigenvalue weighted by Crippen LogP contribution is -2.52. The van der Waals surface area contributed by atoms with Crippen LogP contribution in [0, 0.1) is 11.8 Å². The topological polar surface area (TPSA) is 183 Å². The highest BCUT2D eigenvalue weighted by Gasteiger charge is 2.46. The number of carbonyl (C=O) groups excluding carboxylic acids is 1. The molecule has 7 rings (SSSR count). The van der Waals surface area contributed by atoms with Gasteiger partial charge in [0.1, 0.15) is 36.1 Å². The third-order valence-electron chi connectivity index (χ3n) is 14.2. The Hall–Kier alpha value is -3.81. The fourth-order valence-electron chi connectivity index (χ4n) is 10.5. The highest BCUT2D eigenvalue weighted by molar-refractivity contribution is 9.11. The molecule has 2 aromatic rings. The van der Waals surface area contributed by atoms with Gasteiger partial charge in [0.15, 0.2) is 11.7 Å². The van der Waals surface area contributed by atoms with Gasteiger partial charge in [-0.1, -0.05) is 84.0 Å². The van der Waals surface area contributed by atoms with E-state index in [1.807, 2.05) is 70.2 Å². The van der Waals surface area contributed by atoms with Gasteiger partial charge in [-0.2, -0.15) is 0 Å². The van der Waals surface area contributed by atoms with E-state index in [1.54, 1.807) is 44.9 Å². The van der Waals surface area contributed by atoms with Crippen LogP contribution in [0.3, 0.4) is 0 Å². The van der Waals surface area contributed by atoms with Gasteiger partial charge >= 0.3 is 5.97 Å². The van der Waals surface area contributed by atoms with E-state index in [-0.39, 0.29) is 54.9 Å². The summed E-state index contributed by atoms with van der Waals surface area (Å²) in [6.07, 6.45) is 20.9. The molecule has 15 atom stereocenters. The van der Waals surface area contributed by atoms with Crippen LogP contribution in [0.1, 0.15) is 121 Å². The molecule has 0 aliphatic carbocycles. The Labute approximate surface area is 421 Å². The normalized spacial score (nSPS) is 35.8. The lowest BCUT2D eigenvalue weighted by molar-refractivity contribution is -0.298. The van der Waals surface area contributed by atoms with E-state index in [2.05, 4.69) is 22.5 Å². The summed E-state index contributed by atoms with van der Waals surface area (Å²) in [6.45, 7) is 12.3. The smallest absolute Gasteiger partial charge is 0.330 e. The van der Waals surface area contributed by atoms with Gasteiger partial charge in [-0.15, -0.1) is 0 Å². The molecular formula is C54H73BrN2O13. The Kier molecular flexibility index (Phi) is 19.5. The number of methoxy groups -OCH3 is 3. The summed E-state index contributed by atoms with van der Waals surface area (Å²) < 4.78 is 62.1. The summed E-state index contributed by atoms with van der Waals surface area (Å²) in [5, 5.41) is 22.3. The average Bonchev–Trinajstić information content (AvgIpc) is 3.99. The molecule has 70 heavy (non-hydrogen) atoms. The lowest BCUT2D eigenvalue weighted by atomic mass is 9.79. The number of aliphatic hydroxyl groups is 2. The van der Waals surface area contributed by atoms with Crippen molar-refractivity contribution < 1.29 is 61.7 Å². The molecule has 0 spiro atoms. The number of oxazole rings is 2. The standard InChI is InChI=1S/C54H73BrN2O13/c1-32(17-18-39(61-6)13-11-19-55)22-45(59)48-27-43(62-7)28-54(63-8,70-48)29-50-56-37(30-64-50)23-34(3)52-36(5)53-35(4)46(68-52)14-10-15-49-57-44(31-65-49)47-25-38(58)24-42(67-47)26-41-21-33(2)20-40(66-41)12-9-16-51(60)69-53/h9-11,15-19,22-23,30-31,35-36,38-43,45-48,52-53,58-59H,2,12-14,20-21,24-29H2,1,3-8H3/b15-10+,16-9-,18-17+,19-11+,32-22+,34-23+/t35-,36+,38-,39-,40+,41-,42+,43-,45-,46-,47-,48-,52+,53+,54+/m1/s1. The molecule has 15 nitrogen and oxygen atoms in total. The molecule has 4 fully saturated rings. The van der Waals surface area contributed by atoms with Gasteiger partial charge in [0, 0.05) is 64.9 Å². The van der Waals surface area contributed by atoms with Crippen molar-refractivity contribution in [2.24, 2.45) is 11.8 Å². The van der Waals surface area contributed by atoms with E-state index in [9.17, 15) is 15.0 Å². The van der Waals surface area contributed by atoms with Crippen LogP contribution in [0.25, 0.3) is 12.2 Å². The number of aliphatic hydroxyl groups excluding tert-OH is 2. The number of carbonyl (C=O) groups is 1. The zero-order chi connectivity index (χ0) is 50.0. The maximum atomic E-state index is 13.6. The van der Waals surface area contributed by atoms with Crippen molar-refractivity contribution in [2.45, 2.75) is 177 Å². The maximum absolute atomic E-state index is 13.6.